The van der Waals surface area contributed by atoms with Gasteiger partial charge in [-0.05, 0) is 46.5 Å². The van der Waals surface area contributed by atoms with Gasteiger partial charge in [-0.15, -0.1) is 6.58 Å². The molecule has 0 saturated carbocycles. The van der Waals surface area contributed by atoms with Crippen molar-refractivity contribution in [2.24, 2.45) is 5.92 Å². The van der Waals surface area contributed by atoms with Gasteiger partial charge in [0.05, 0.1) is 12.5 Å². The molecule has 1 atom stereocenters. The van der Waals surface area contributed by atoms with E-state index in [9.17, 15) is 4.79 Å². The molecule has 2 heteroatoms. The zero-order valence-corrected chi connectivity index (χ0v) is 10.8. The van der Waals surface area contributed by atoms with Crippen molar-refractivity contribution >= 4 is 5.97 Å². The molecule has 0 fully saturated rings. The Morgan fingerprint density at radius 2 is 2.12 bits per heavy atom. The van der Waals surface area contributed by atoms with Crippen LogP contribution in [0, 0.1) is 5.92 Å². The molecule has 0 amide bonds. The van der Waals surface area contributed by atoms with Crippen molar-refractivity contribution < 1.29 is 9.53 Å². The molecule has 0 heterocycles. The lowest BCUT2D eigenvalue weighted by molar-refractivity contribution is -0.148. The minimum Gasteiger partial charge on any atom is -0.466 e. The van der Waals surface area contributed by atoms with Gasteiger partial charge in [0.1, 0.15) is 0 Å². The predicted molar refractivity (Wildman–Crippen MR) is 68.2 cm³/mol. The van der Waals surface area contributed by atoms with Crippen molar-refractivity contribution in [2.45, 2.75) is 46.5 Å². The lowest BCUT2D eigenvalue weighted by Crippen LogP contribution is -2.17. The predicted octanol–water partition coefficient (Wildman–Crippen LogP) is 3.88. The van der Waals surface area contributed by atoms with Gasteiger partial charge < -0.3 is 4.74 Å². The van der Waals surface area contributed by atoms with Crippen LogP contribution < -0.4 is 0 Å². The Balaban J connectivity index is 4.14. The topological polar surface area (TPSA) is 26.3 Å². The fourth-order valence-electron chi connectivity index (χ4n) is 1.52. The molecule has 0 bridgehead atoms. The molecular weight excluding hydrogens is 200 g/mol. The van der Waals surface area contributed by atoms with Crippen molar-refractivity contribution in [1.82, 2.24) is 0 Å². The lowest BCUT2D eigenvalue weighted by Gasteiger charge is -2.14. The third-order valence-corrected chi connectivity index (χ3v) is 2.46. The number of allylic oxidation sites excluding steroid dienone is 3. The Bertz CT molecular complexity index is 241. The SMILES string of the molecule is C=C(C)CCC(CC/C=C/C)C(=O)OCC. The van der Waals surface area contributed by atoms with E-state index in [1.807, 2.05) is 26.8 Å². The van der Waals surface area contributed by atoms with Crippen LogP contribution in [0.3, 0.4) is 0 Å². The minimum atomic E-state index is -0.0618. The van der Waals surface area contributed by atoms with Gasteiger partial charge in [0.25, 0.3) is 0 Å². The van der Waals surface area contributed by atoms with E-state index >= 15 is 0 Å². The Kier molecular flexibility index (Phi) is 8.59. The molecule has 0 aromatic heterocycles. The van der Waals surface area contributed by atoms with Gasteiger partial charge in [-0.3, -0.25) is 4.79 Å². The van der Waals surface area contributed by atoms with E-state index in [1.165, 1.54) is 0 Å². The van der Waals surface area contributed by atoms with Gasteiger partial charge in [0, 0.05) is 0 Å². The highest BCUT2D eigenvalue weighted by Gasteiger charge is 2.18. The first-order valence-corrected chi connectivity index (χ1v) is 6.04. The average molecular weight is 224 g/mol. The largest absolute Gasteiger partial charge is 0.466 e. The number of ether oxygens (including phenoxy) is 1. The van der Waals surface area contributed by atoms with Crippen LogP contribution >= 0.6 is 0 Å². The molecule has 0 rings (SSSR count). The van der Waals surface area contributed by atoms with Gasteiger partial charge in [0.2, 0.25) is 0 Å². The monoisotopic (exact) mass is 224 g/mol. The van der Waals surface area contributed by atoms with Crippen molar-refractivity contribution in [3.8, 4) is 0 Å². The Hall–Kier alpha value is -1.05. The highest BCUT2D eigenvalue weighted by atomic mass is 16.5. The van der Waals surface area contributed by atoms with Gasteiger partial charge in [0.15, 0.2) is 0 Å². The summed E-state index contributed by atoms with van der Waals surface area (Å²) in [6.45, 7) is 10.2. The highest BCUT2D eigenvalue weighted by molar-refractivity contribution is 5.72. The van der Waals surface area contributed by atoms with Crippen molar-refractivity contribution in [3.05, 3.63) is 24.3 Å². The molecule has 0 aromatic rings. The second-order valence-corrected chi connectivity index (χ2v) is 4.09. The summed E-state index contributed by atoms with van der Waals surface area (Å²) < 4.78 is 5.07. The third kappa shape index (κ3) is 7.27. The molecule has 0 aliphatic rings. The van der Waals surface area contributed by atoms with E-state index in [4.69, 9.17) is 4.74 Å². The van der Waals surface area contributed by atoms with Crippen LogP contribution in [0.15, 0.2) is 24.3 Å². The van der Waals surface area contributed by atoms with Crippen LogP contribution in [0.1, 0.15) is 46.5 Å². The number of hydrogen-bond donors (Lipinski definition) is 0. The molecule has 0 N–H and O–H groups in total. The maximum atomic E-state index is 11.7. The van der Waals surface area contributed by atoms with Crippen LogP contribution in [0.5, 0.6) is 0 Å². The maximum absolute atomic E-state index is 11.7. The van der Waals surface area contributed by atoms with Crippen LogP contribution in [0.4, 0.5) is 0 Å². The zero-order valence-electron chi connectivity index (χ0n) is 10.8. The molecule has 92 valence electrons. The van der Waals surface area contributed by atoms with Crippen LogP contribution in [-0.2, 0) is 9.53 Å². The van der Waals surface area contributed by atoms with Crippen molar-refractivity contribution in [3.63, 3.8) is 0 Å². The standard InChI is InChI=1S/C14H24O2/c1-5-7-8-9-13(11-10-12(3)4)14(15)16-6-2/h5,7,13H,3,6,8-11H2,1-2,4H3/b7-5+. The molecule has 16 heavy (non-hydrogen) atoms. The van der Waals surface area contributed by atoms with E-state index in [2.05, 4.69) is 12.7 Å². The van der Waals surface area contributed by atoms with Crippen LogP contribution in [0.25, 0.3) is 0 Å². The summed E-state index contributed by atoms with van der Waals surface area (Å²) in [6, 6.07) is 0. The molecule has 2 nitrogen and oxygen atoms in total. The molecular formula is C14H24O2. The number of rotatable bonds is 8. The summed E-state index contributed by atoms with van der Waals surface area (Å²) in [5.41, 5.74) is 1.13. The lowest BCUT2D eigenvalue weighted by atomic mass is 9.95. The number of carbonyl (C=O) groups is 1. The van der Waals surface area contributed by atoms with E-state index in [1.54, 1.807) is 0 Å². The average Bonchev–Trinajstić information content (AvgIpc) is 2.23. The molecule has 0 aliphatic carbocycles. The number of esters is 1. The second-order valence-electron chi connectivity index (χ2n) is 4.09. The first kappa shape index (κ1) is 14.9. The third-order valence-electron chi connectivity index (χ3n) is 2.46. The maximum Gasteiger partial charge on any atom is 0.308 e. The molecule has 0 radical (unpaired) electrons. The van der Waals surface area contributed by atoms with Crippen LogP contribution in [-0.4, -0.2) is 12.6 Å². The number of carbonyl (C=O) groups excluding carboxylic acids is 1. The van der Waals surface area contributed by atoms with Gasteiger partial charge in [-0.2, -0.15) is 0 Å². The van der Waals surface area contributed by atoms with E-state index in [0.717, 1.165) is 31.3 Å². The Labute approximate surface area is 99.4 Å². The molecule has 1 unspecified atom stereocenters. The summed E-state index contributed by atoms with van der Waals surface area (Å²) in [5, 5.41) is 0. The minimum absolute atomic E-state index is 0.0212. The molecule has 0 spiro atoms. The zero-order chi connectivity index (χ0) is 12.4. The number of hydrogen-bond acceptors (Lipinski definition) is 2. The second kappa shape index (κ2) is 9.20. The summed E-state index contributed by atoms with van der Waals surface area (Å²) in [4.78, 5) is 11.7. The van der Waals surface area contributed by atoms with Crippen LogP contribution in [0.2, 0.25) is 0 Å². The first-order chi connectivity index (χ1) is 7.61. The summed E-state index contributed by atoms with van der Waals surface area (Å²) in [7, 11) is 0. The van der Waals surface area contributed by atoms with Crippen molar-refractivity contribution in [2.75, 3.05) is 6.61 Å². The Morgan fingerprint density at radius 3 is 2.62 bits per heavy atom. The fraction of sp³-hybridized carbons (Fsp3) is 0.643. The normalized spacial score (nSPS) is 12.7. The van der Waals surface area contributed by atoms with Gasteiger partial charge in [-0.1, -0.05) is 17.7 Å². The molecule has 0 aliphatic heterocycles. The van der Waals surface area contributed by atoms with Gasteiger partial charge in [-0.25, -0.2) is 0 Å². The quantitative estimate of drug-likeness (QED) is 0.462. The summed E-state index contributed by atoms with van der Waals surface area (Å²) in [5.74, 6) is -0.0406. The van der Waals surface area contributed by atoms with Crippen molar-refractivity contribution in [1.29, 1.82) is 0 Å². The first-order valence-electron chi connectivity index (χ1n) is 6.04. The highest BCUT2D eigenvalue weighted by Crippen LogP contribution is 2.18. The van der Waals surface area contributed by atoms with E-state index in [0.29, 0.717) is 6.61 Å². The van der Waals surface area contributed by atoms with E-state index < -0.39 is 0 Å². The molecule has 0 saturated heterocycles. The Morgan fingerprint density at radius 1 is 1.44 bits per heavy atom. The van der Waals surface area contributed by atoms with E-state index in [-0.39, 0.29) is 11.9 Å². The van der Waals surface area contributed by atoms with Gasteiger partial charge >= 0.3 is 5.97 Å². The fourth-order valence-corrected chi connectivity index (χ4v) is 1.52. The summed E-state index contributed by atoms with van der Waals surface area (Å²) in [6.07, 6.45) is 7.67. The molecule has 0 aromatic carbocycles. The smallest absolute Gasteiger partial charge is 0.308 e. The summed E-state index contributed by atoms with van der Waals surface area (Å²) >= 11 is 0.